The Labute approximate surface area is 133 Å². The number of aromatic nitrogens is 2. The highest BCUT2D eigenvalue weighted by Gasteiger charge is 2.14. The molecule has 0 fully saturated rings. The highest BCUT2D eigenvalue weighted by atomic mass is 32.1. The quantitative estimate of drug-likeness (QED) is 0.449. The molecule has 1 aromatic carbocycles. The molecule has 3 N–H and O–H groups in total. The second kappa shape index (κ2) is 7.04. The van der Waals surface area contributed by atoms with Crippen molar-refractivity contribution in [1.29, 1.82) is 0 Å². The van der Waals surface area contributed by atoms with Crippen LogP contribution in [-0.4, -0.2) is 20.9 Å². The summed E-state index contributed by atoms with van der Waals surface area (Å²) < 4.78 is 1.71. The molecular formula is C15H18N4O2S. The maximum absolute atomic E-state index is 12.0. The minimum atomic E-state index is -0.472. The van der Waals surface area contributed by atoms with E-state index < -0.39 is 5.56 Å². The largest absolute Gasteiger partial charge is 0.494 e. The second-order valence-corrected chi connectivity index (χ2v) is 5.25. The average Bonchev–Trinajstić information content (AvgIpc) is 2.51. The van der Waals surface area contributed by atoms with Gasteiger partial charge in [0.05, 0.1) is 11.9 Å². The Morgan fingerprint density at radius 2 is 2.14 bits per heavy atom. The molecule has 6 nitrogen and oxygen atoms in total. The van der Waals surface area contributed by atoms with Gasteiger partial charge in [-0.15, -0.1) is 0 Å². The van der Waals surface area contributed by atoms with Crippen molar-refractivity contribution in [3.8, 4) is 5.88 Å². The fraction of sp³-hybridized carbons (Fsp3) is 0.267. The third-order valence-corrected chi connectivity index (χ3v) is 3.64. The summed E-state index contributed by atoms with van der Waals surface area (Å²) in [6.07, 6.45) is 2.06. The number of para-hydroxylation sites is 1. The Morgan fingerprint density at radius 3 is 2.77 bits per heavy atom. The minimum Gasteiger partial charge on any atom is -0.494 e. The fourth-order valence-corrected chi connectivity index (χ4v) is 2.30. The molecule has 2 aromatic rings. The van der Waals surface area contributed by atoms with E-state index >= 15 is 0 Å². The molecule has 1 atom stereocenters. The number of H-pyrrole nitrogens is 1. The number of aromatic hydroxyl groups is 1. The first-order chi connectivity index (χ1) is 10.5. The third-order valence-electron chi connectivity index (χ3n) is 3.35. The highest BCUT2D eigenvalue weighted by molar-refractivity contribution is 7.71. The van der Waals surface area contributed by atoms with Gasteiger partial charge in [-0.05, 0) is 37.7 Å². The molecule has 0 saturated carbocycles. The lowest BCUT2D eigenvalue weighted by atomic mass is 10.2. The van der Waals surface area contributed by atoms with Crippen LogP contribution < -0.4 is 11.0 Å². The topological polar surface area (TPSA) is 82.4 Å². The zero-order chi connectivity index (χ0) is 16.1. The summed E-state index contributed by atoms with van der Waals surface area (Å²) in [5.74, 6) is -0.179. The van der Waals surface area contributed by atoms with Crippen molar-refractivity contribution in [2.75, 3.05) is 5.43 Å². The van der Waals surface area contributed by atoms with Crippen molar-refractivity contribution in [3.05, 3.63) is 51.0 Å². The Hall–Kier alpha value is -2.41. The van der Waals surface area contributed by atoms with E-state index in [4.69, 9.17) is 12.2 Å². The van der Waals surface area contributed by atoms with Gasteiger partial charge in [-0.3, -0.25) is 19.8 Å². The number of hydrogen-bond acceptors (Lipinski definition) is 5. The number of nitrogens with one attached hydrogen (secondary N) is 2. The van der Waals surface area contributed by atoms with Crippen LogP contribution in [0.15, 0.2) is 40.2 Å². The first-order valence-corrected chi connectivity index (χ1v) is 7.37. The molecule has 1 aromatic heterocycles. The van der Waals surface area contributed by atoms with Crippen molar-refractivity contribution in [3.63, 3.8) is 0 Å². The van der Waals surface area contributed by atoms with E-state index in [9.17, 15) is 9.90 Å². The number of benzene rings is 1. The van der Waals surface area contributed by atoms with E-state index in [1.165, 1.54) is 10.8 Å². The van der Waals surface area contributed by atoms with Crippen LogP contribution in [0.25, 0.3) is 0 Å². The molecule has 0 aliphatic carbocycles. The van der Waals surface area contributed by atoms with Gasteiger partial charge in [0.15, 0.2) is 4.77 Å². The monoisotopic (exact) mass is 318 g/mol. The van der Waals surface area contributed by atoms with E-state index in [-0.39, 0.29) is 22.3 Å². The molecule has 1 heterocycles. The summed E-state index contributed by atoms with van der Waals surface area (Å²) in [5, 5.41) is 14.3. The van der Waals surface area contributed by atoms with Crippen LogP contribution in [0, 0.1) is 4.77 Å². The van der Waals surface area contributed by atoms with Crippen LogP contribution in [0.3, 0.4) is 0 Å². The zero-order valence-corrected chi connectivity index (χ0v) is 13.2. The molecule has 0 saturated heterocycles. The van der Waals surface area contributed by atoms with Crippen LogP contribution >= 0.6 is 12.2 Å². The molecule has 0 radical (unpaired) electrons. The molecule has 1 unspecified atom stereocenters. The maximum Gasteiger partial charge on any atom is 0.264 e. The minimum absolute atomic E-state index is 0.0291. The van der Waals surface area contributed by atoms with Crippen LogP contribution in [-0.2, 0) is 0 Å². The normalized spacial score (nSPS) is 12.5. The summed E-state index contributed by atoms with van der Waals surface area (Å²) in [6, 6.07) is 9.28. The first kappa shape index (κ1) is 16.0. The summed E-state index contributed by atoms with van der Waals surface area (Å²) >= 11 is 5.11. The van der Waals surface area contributed by atoms with Crippen LogP contribution in [0.5, 0.6) is 5.88 Å². The number of rotatable bonds is 5. The van der Waals surface area contributed by atoms with Crippen molar-refractivity contribution >= 4 is 24.1 Å². The Bertz CT molecular complexity index is 780. The maximum atomic E-state index is 12.0. The molecule has 2 rings (SSSR count). The van der Waals surface area contributed by atoms with Gasteiger partial charge in [-0.25, -0.2) is 0 Å². The van der Waals surface area contributed by atoms with Crippen LogP contribution in [0.2, 0.25) is 0 Å². The fourth-order valence-electron chi connectivity index (χ4n) is 1.94. The lowest BCUT2D eigenvalue weighted by Crippen LogP contribution is -2.20. The van der Waals surface area contributed by atoms with Gasteiger partial charge in [0.2, 0.25) is 5.88 Å². The molecule has 0 aliphatic heterocycles. The van der Waals surface area contributed by atoms with E-state index in [1.54, 1.807) is 0 Å². The second-order valence-electron chi connectivity index (χ2n) is 4.86. The predicted octanol–water partition coefficient (Wildman–Crippen LogP) is 3.03. The lowest BCUT2D eigenvalue weighted by molar-refractivity contribution is 0.371. The standard InChI is InChI=1S/C15H18N4O2S/c1-3-10(2)19-14(21)12(13(20)17-15(19)22)9-16-18-11-7-5-4-6-8-11/h4-10,18,21H,3H2,1-2H3,(H,17,20,22)/b16-9+. The smallest absolute Gasteiger partial charge is 0.264 e. The van der Waals surface area contributed by atoms with Gasteiger partial charge in [0, 0.05) is 6.04 Å². The van der Waals surface area contributed by atoms with Crippen LogP contribution in [0.4, 0.5) is 5.69 Å². The number of aromatic amines is 1. The van der Waals surface area contributed by atoms with E-state index in [1.807, 2.05) is 44.2 Å². The number of anilines is 1. The molecule has 0 aliphatic rings. The van der Waals surface area contributed by atoms with Crippen molar-refractivity contribution in [2.24, 2.45) is 5.10 Å². The van der Waals surface area contributed by atoms with Crippen molar-refractivity contribution in [1.82, 2.24) is 9.55 Å². The van der Waals surface area contributed by atoms with Crippen molar-refractivity contribution < 1.29 is 5.11 Å². The Morgan fingerprint density at radius 1 is 1.45 bits per heavy atom. The molecule has 116 valence electrons. The van der Waals surface area contributed by atoms with Gasteiger partial charge in [-0.1, -0.05) is 25.1 Å². The van der Waals surface area contributed by atoms with Crippen LogP contribution in [0.1, 0.15) is 31.9 Å². The van der Waals surface area contributed by atoms with Gasteiger partial charge >= 0.3 is 0 Å². The van der Waals surface area contributed by atoms with E-state index in [0.717, 1.165) is 12.1 Å². The number of nitrogens with zero attached hydrogens (tertiary/aromatic N) is 2. The molecule has 22 heavy (non-hydrogen) atoms. The molecule has 7 heteroatoms. The predicted molar refractivity (Wildman–Crippen MR) is 90.2 cm³/mol. The SMILES string of the molecule is CCC(C)n1c(O)c(/C=N/Nc2ccccc2)c(=O)[nH]c1=S. The molecule has 0 amide bonds. The van der Waals surface area contributed by atoms with E-state index in [0.29, 0.717) is 0 Å². The average molecular weight is 318 g/mol. The zero-order valence-electron chi connectivity index (χ0n) is 12.4. The lowest BCUT2D eigenvalue weighted by Gasteiger charge is -2.16. The number of hydrogen-bond donors (Lipinski definition) is 3. The Kier molecular flexibility index (Phi) is 5.11. The summed E-state index contributed by atoms with van der Waals surface area (Å²) in [7, 11) is 0. The molecule has 0 spiro atoms. The molecule has 0 bridgehead atoms. The van der Waals surface area contributed by atoms with Gasteiger partial charge in [-0.2, -0.15) is 5.10 Å². The first-order valence-electron chi connectivity index (χ1n) is 6.96. The van der Waals surface area contributed by atoms with Gasteiger partial charge in [0.25, 0.3) is 5.56 Å². The van der Waals surface area contributed by atoms with Gasteiger partial charge in [0.1, 0.15) is 5.56 Å². The molecular weight excluding hydrogens is 300 g/mol. The highest BCUT2D eigenvalue weighted by Crippen LogP contribution is 2.20. The van der Waals surface area contributed by atoms with Gasteiger partial charge < -0.3 is 5.11 Å². The number of hydrazone groups is 1. The third kappa shape index (κ3) is 3.43. The summed E-state index contributed by atoms with van der Waals surface area (Å²) in [5.41, 5.74) is 3.17. The Balaban J connectivity index is 2.35. The van der Waals surface area contributed by atoms with E-state index in [2.05, 4.69) is 15.5 Å². The van der Waals surface area contributed by atoms with Crippen molar-refractivity contribution in [2.45, 2.75) is 26.3 Å². The summed E-state index contributed by atoms with van der Waals surface area (Å²) in [6.45, 7) is 3.89. The summed E-state index contributed by atoms with van der Waals surface area (Å²) in [4.78, 5) is 14.5.